The van der Waals surface area contributed by atoms with E-state index < -0.39 is 0 Å². The lowest BCUT2D eigenvalue weighted by molar-refractivity contribution is -0.145. The van der Waals surface area contributed by atoms with E-state index in [-0.39, 0.29) is 54.8 Å². The van der Waals surface area contributed by atoms with E-state index in [1.54, 1.807) is 7.11 Å². The lowest BCUT2D eigenvalue weighted by atomic mass is 9.81. The minimum atomic E-state index is -0.217. The number of piperidine rings is 1. The first-order valence-corrected chi connectivity index (χ1v) is 19.6. The molecule has 1 saturated heterocycles. The normalized spacial score (nSPS) is 20.8. The van der Waals surface area contributed by atoms with Gasteiger partial charge in [0.15, 0.2) is 5.75 Å². The van der Waals surface area contributed by atoms with Gasteiger partial charge in [0, 0.05) is 51.0 Å². The number of carbonyl (C=O) groups excluding carboxylic acids is 2. The van der Waals surface area contributed by atoms with Gasteiger partial charge in [0.25, 0.3) is 0 Å². The van der Waals surface area contributed by atoms with E-state index >= 15 is 0 Å². The fourth-order valence-electron chi connectivity index (χ4n) is 7.15. The molecule has 2 saturated carbocycles. The number of hydrogen-bond acceptors (Lipinski definition) is 9. The van der Waals surface area contributed by atoms with Crippen LogP contribution in [0.4, 0.5) is 0 Å². The fourth-order valence-corrected chi connectivity index (χ4v) is 7.86. The highest BCUT2D eigenvalue weighted by atomic mass is 35.5. The van der Waals surface area contributed by atoms with Gasteiger partial charge in [0.05, 0.1) is 35.1 Å². The number of nitrogens with zero attached hydrogens (tertiary/aromatic N) is 2. The van der Waals surface area contributed by atoms with Gasteiger partial charge in [-0.3, -0.25) is 9.59 Å². The van der Waals surface area contributed by atoms with Gasteiger partial charge in [-0.25, -0.2) is 4.98 Å². The molecule has 4 atom stereocenters. The summed E-state index contributed by atoms with van der Waals surface area (Å²) in [5.41, 5.74) is 4.18. The summed E-state index contributed by atoms with van der Waals surface area (Å²) in [6, 6.07) is 14.0. The molecule has 2 heterocycles. The van der Waals surface area contributed by atoms with Crippen LogP contribution in [0.5, 0.6) is 17.4 Å². The third kappa shape index (κ3) is 10.8. The minimum Gasteiger partial charge on any atom is -0.493 e. The van der Waals surface area contributed by atoms with Crippen LogP contribution in [0, 0.1) is 24.7 Å². The molecule has 2 aliphatic carbocycles. The number of ether oxygens (including phenoxy) is 5. The second kappa shape index (κ2) is 18.7. The summed E-state index contributed by atoms with van der Waals surface area (Å²) in [6.07, 6.45) is 7.20. The van der Waals surface area contributed by atoms with Crippen LogP contribution >= 0.6 is 23.2 Å². The van der Waals surface area contributed by atoms with Crippen molar-refractivity contribution in [1.82, 2.24) is 15.2 Å². The summed E-state index contributed by atoms with van der Waals surface area (Å²) >= 11 is 12.6. The molecule has 1 aromatic heterocycles. The average molecular weight is 769 g/mol. The lowest BCUT2D eigenvalue weighted by Gasteiger charge is -2.35. The smallest absolute Gasteiger partial charge is 0.309 e. The lowest BCUT2D eigenvalue weighted by Crippen LogP contribution is -2.47. The van der Waals surface area contributed by atoms with Crippen molar-refractivity contribution in [1.29, 1.82) is 0 Å². The van der Waals surface area contributed by atoms with E-state index in [4.69, 9.17) is 46.9 Å². The third-order valence-corrected chi connectivity index (χ3v) is 10.7. The molecule has 2 aromatic carbocycles. The van der Waals surface area contributed by atoms with Gasteiger partial charge in [-0.1, -0.05) is 35.3 Å². The molecule has 3 fully saturated rings. The number of methoxy groups -OCH3 is 1. The molecule has 53 heavy (non-hydrogen) atoms. The van der Waals surface area contributed by atoms with E-state index in [1.165, 1.54) is 0 Å². The van der Waals surface area contributed by atoms with Gasteiger partial charge in [-0.05, 0) is 111 Å². The first-order valence-electron chi connectivity index (χ1n) is 18.8. The van der Waals surface area contributed by atoms with Crippen molar-refractivity contribution in [2.24, 2.45) is 17.8 Å². The molecule has 1 N–H and O–H groups in total. The van der Waals surface area contributed by atoms with Crippen LogP contribution in [0.2, 0.25) is 10.0 Å². The van der Waals surface area contributed by atoms with Crippen LogP contribution in [0.3, 0.4) is 0 Å². The Hall–Kier alpha value is -3.57. The number of rotatable bonds is 19. The Balaban J connectivity index is 1.09. The molecule has 0 bridgehead atoms. The highest BCUT2D eigenvalue weighted by molar-refractivity contribution is 6.37. The summed E-state index contributed by atoms with van der Waals surface area (Å²) in [6.45, 7) is 7.76. The van der Waals surface area contributed by atoms with E-state index in [2.05, 4.69) is 33.4 Å². The Morgan fingerprint density at radius 3 is 2.43 bits per heavy atom. The highest BCUT2D eigenvalue weighted by Crippen LogP contribution is 2.41. The Kier molecular flexibility index (Phi) is 13.8. The predicted octanol–water partition coefficient (Wildman–Crippen LogP) is 7.20. The summed E-state index contributed by atoms with van der Waals surface area (Å²) in [5, 5.41) is 4.40. The molecular formula is C41H51Cl2N3O7. The monoisotopic (exact) mass is 767 g/mol. The van der Waals surface area contributed by atoms with Gasteiger partial charge in [-0.15, -0.1) is 0 Å². The number of benzene rings is 2. The first-order chi connectivity index (χ1) is 25.7. The number of esters is 1. The standard InChI is InChI=1S/C41H51Cl2N3O7/c1-4-50-41(48)34-21-30(34)25-53-32-19-27(6-5-13-49-3)18-28(20-32)24-46(31-8-9-31)40(47)35-23-44-12-11-33(35)29-7-10-38(45-22-29)51-14-15-52-39-36(42)16-26(2)17-37(39)43/h7,10,16-20,22,30-31,33-35,44H,4-6,8-9,11-15,21,23-25H2,1-3H3/t30-,33-,34-,35+/m1/s1. The molecular weight excluding hydrogens is 717 g/mol. The number of nitrogens with one attached hydrogen (secondary N) is 1. The van der Waals surface area contributed by atoms with Gasteiger partial charge in [0.2, 0.25) is 11.8 Å². The summed E-state index contributed by atoms with van der Waals surface area (Å²) in [7, 11) is 1.71. The Morgan fingerprint density at radius 1 is 0.943 bits per heavy atom. The van der Waals surface area contributed by atoms with Gasteiger partial charge in [0.1, 0.15) is 19.0 Å². The maximum Gasteiger partial charge on any atom is 0.309 e. The molecule has 0 radical (unpaired) electrons. The number of hydrogen-bond donors (Lipinski definition) is 1. The molecule has 10 nitrogen and oxygen atoms in total. The number of amides is 1. The van der Waals surface area contributed by atoms with Crippen molar-refractivity contribution in [3.63, 3.8) is 0 Å². The summed E-state index contributed by atoms with van der Waals surface area (Å²) < 4.78 is 28.4. The largest absolute Gasteiger partial charge is 0.493 e. The maximum absolute atomic E-state index is 14.5. The fraction of sp³-hybridized carbons (Fsp3) is 0.537. The number of carbonyl (C=O) groups is 2. The number of pyridine rings is 1. The molecule has 6 rings (SSSR count). The SMILES string of the molecule is CCOC(=O)[C@@H]1C[C@@H]1COc1cc(CCCOC)cc(CN(C(=O)[C@H]2CNCC[C@@H]2c2ccc(OCCOc3c(Cl)cc(C)cc3Cl)nc2)C2CC2)c1. The number of halogens is 2. The van der Waals surface area contributed by atoms with Crippen molar-refractivity contribution in [2.45, 2.75) is 70.9 Å². The van der Waals surface area contributed by atoms with Crippen molar-refractivity contribution in [3.8, 4) is 17.4 Å². The molecule has 0 unspecified atom stereocenters. The first kappa shape index (κ1) is 39.1. The zero-order valence-electron chi connectivity index (χ0n) is 30.9. The molecule has 3 aliphatic rings. The molecule has 0 spiro atoms. The minimum absolute atomic E-state index is 0.0332. The third-order valence-electron chi connectivity index (χ3n) is 10.1. The highest BCUT2D eigenvalue weighted by Gasteiger charge is 2.45. The van der Waals surface area contributed by atoms with Crippen LogP contribution in [0.15, 0.2) is 48.7 Å². The Bertz CT molecular complexity index is 1680. The molecule has 3 aromatic rings. The van der Waals surface area contributed by atoms with Crippen molar-refractivity contribution < 1.29 is 33.3 Å². The predicted molar refractivity (Wildman–Crippen MR) is 204 cm³/mol. The summed E-state index contributed by atoms with van der Waals surface area (Å²) in [5.74, 6) is 1.62. The van der Waals surface area contributed by atoms with Crippen molar-refractivity contribution in [3.05, 3.63) is 81.0 Å². The second-order valence-electron chi connectivity index (χ2n) is 14.3. The topological polar surface area (TPSA) is 108 Å². The summed E-state index contributed by atoms with van der Waals surface area (Å²) in [4.78, 5) is 33.3. The van der Waals surface area contributed by atoms with Crippen LogP contribution in [0.25, 0.3) is 0 Å². The van der Waals surface area contributed by atoms with E-state index in [0.717, 1.165) is 73.1 Å². The van der Waals surface area contributed by atoms with Gasteiger partial charge < -0.3 is 33.9 Å². The quantitative estimate of drug-likeness (QED) is 0.100. The molecule has 286 valence electrons. The van der Waals surface area contributed by atoms with Crippen LogP contribution in [0.1, 0.15) is 67.2 Å². The Labute approximate surface area is 322 Å². The maximum atomic E-state index is 14.5. The van der Waals surface area contributed by atoms with Crippen LogP contribution in [-0.4, -0.2) is 81.0 Å². The molecule has 12 heteroatoms. The van der Waals surface area contributed by atoms with E-state index in [0.29, 0.717) is 54.6 Å². The number of aryl methyl sites for hydroxylation is 2. The van der Waals surface area contributed by atoms with Crippen LogP contribution in [-0.2, 0) is 32.0 Å². The van der Waals surface area contributed by atoms with E-state index in [1.807, 2.05) is 44.3 Å². The number of aromatic nitrogens is 1. The Morgan fingerprint density at radius 2 is 1.72 bits per heavy atom. The molecule has 1 aliphatic heterocycles. The van der Waals surface area contributed by atoms with E-state index in [9.17, 15) is 9.59 Å². The van der Waals surface area contributed by atoms with Crippen molar-refractivity contribution in [2.75, 3.05) is 53.2 Å². The van der Waals surface area contributed by atoms with Gasteiger partial charge >= 0.3 is 5.97 Å². The zero-order chi connectivity index (χ0) is 37.3. The second-order valence-corrected chi connectivity index (χ2v) is 15.1. The van der Waals surface area contributed by atoms with Crippen molar-refractivity contribution >= 4 is 35.1 Å². The molecule has 1 amide bonds. The van der Waals surface area contributed by atoms with Gasteiger partial charge in [-0.2, -0.15) is 0 Å². The average Bonchev–Trinajstić information content (AvgIpc) is 4.09. The zero-order valence-corrected chi connectivity index (χ0v) is 32.4. The van der Waals surface area contributed by atoms with Crippen LogP contribution < -0.4 is 19.5 Å².